The quantitative estimate of drug-likeness (QED) is 0.344. The van der Waals surface area contributed by atoms with E-state index in [2.05, 4.69) is 15.4 Å². The Morgan fingerprint density at radius 2 is 2.21 bits per heavy atom. The van der Waals surface area contributed by atoms with Gasteiger partial charge in [0.05, 0.1) is 4.92 Å². The Kier molecular flexibility index (Phi) is 2.84. The zero-order valence-electron chi connectivity index (χ0n) is 6.64. The molecule has 0 spiro atoms. The Morgan fingerprint density at radius 1 is 1.50 bits per heavy atom. The summed E-state index contributed by atoms with van der Waals surface area (Å²) < 4.78 is 0. The van der Waals surface area contributed by atoms with Crippen LogP contribution in [0, 0.1) is 10.1 Å². The normalized spacial score (nSPS) is 9.71. The predicted molar refractivity (Wildman–Crippen MR) is 43.9 cm³/mol. The molecule has 76 valence electrons. The molecule has 0 aliphatic rings. The number of benzene rings is 1. The van der Waals surface area contributed by atoms with Crippen molar-refractivity contribution in [2.24, 2.45) is 0 Å². The van der Waals surface area contributed by atoms with Crippen molar-refractivity contribution in [1.29, 1.82) is 0 Å². The first-order chi connectivity index (χ1) is 6.18. The number of hydrogen-bond donors (Lipinski definition) is 1. The average molecular weight is 286 g/mol. The maximum Gasteiger partial charge on any atom is 1.00 e. The van der Waals surface area contributed by atoms with Gasteiger partial charge in [0.1, 0.15) is 5.69 Å². The van der Waals surface area contributed by atoms with E-state index in [-0.39, 0.29) is 33.8 Å². The van der Waals surface area contributed by atoms with Gasteiger partial charge >= 0.3 is 22.4 Å². The van der Waals surface area contributed by atoms with Crippen molar-refractivity contribution >= 4 is 22.4 Å². The number of nitrogens with two attached hydrogens (primary N) is 1. The minimum Gasteiger partial charge on any atom is -0.393 e. The van der Waals surface area contributed by atoms with Crippen LogP contribution in [0.15, 0.2) is 12.1 Å². The number of aromatic nitrogens is 3. The van der Waals surface area contributed by atoms with E-state index in [0.717, 1.165) is 0 Å². The Morgan fingerprint density at radius 3 is 2.86 bits per heavy atom. The van der Waals surface area contributed by atoms with E-state index >= 15 is 0 Å². The molecule has 0 saturated carbocycles. The van der Waals surface area contributed by atoms with Crippen LogP contribution < -0.4 is 10.8 Å². The number of nitro benzene ring substituents is 1. The van der Waals surface area contributed by atoms with E-state index in [1.54, 1.807) is 0 Å². The van der Waals surface area contributed by atoms with Crippen LogP contribution in [-0.2, 0) is 22.4 Å². The van der Waals surface area contributed by atoms with Crippen molar-refractivity contribution < 1.29 is 27.3 Å². The van der Waals surface area contributed by atoms with Crippen LogP contribution in [0.3, 0.4) is 0 Å². The van der Waals surface area contributed by atoms with Gasteiger partial charge in [-0.25, -0.2) is 0 Å². The van der Waals surface area contributed by atoms with Crippen LogP contribution in [0.4, 0.5) is 11.4 Å². The maximum atomic E-state index is 10.4. The summed E-state index contributed by atoms with van der Waals surface area (Å²) in [5.41, 5.74) is 6.14. The van der Waals surface area contributed by atoms with Gasteiger partial charge < -0.3 is 15.9 Å². The summed E-state index contributed by atoms with van der Waals surface area (Å²) in [5.74, 6) is 0. The maximum absolute atomic E-state index is 10.4. The molecule has 2 aromatic rings. The van der Waals surface area contributed by atoms with Crippen LogP contribution in [-0.4, -0.2) is 15.2 Å². The van der Waals surface area contributed by atoms with E-state index in [1.165, 1.54) is 12.1 Å². The fourth-order valence-corrected chi connectivity index (χ4v) is 1.02. The van der Waals surface area contributed by atoms with Gasteiger partial charge in [-0.3, -0.25) is 15.3 Å². The smallest absolute Gasteiger partial charge is 0.393 e. The molecule has 14 heavy (non-hydrogen) atoms. The molecule has 0 radical (unpaired) electrons. The molecule has 0 bridgehead atoms. The molecule has 0 fully saturated rings. The van der Waals surface area contributed by atoms with Gasteiger partial charge in [-0.1, -0.05) is 0 Å². The van der Waals surface area contributed by atoms with Crippen molar-refractivity contribution in [3.63, 3.8) is 0 Å². The van der Waals surface area contributed by atoms with E-state index in [0.29, 0.717) is 11.0 Å². The van der Waals surface area contributed by atoms with Gasteiger partial charge in [0.15, 0.2) is 0 Å². The third kappa shape index (κ3) is 1.60. The van der Waals surface area contributed by atoms with Gasteiger partial charge in [0.25, 0.3) is 5.69 Å². The molecular formula is C6H4AgN5O2. The summed E-state index contributed by atoms with van der Waals surface area (Å²) in [4.78, 5) is 9.88. The number of nitro groups is 1. The molecule has 7 nitrogen and oxygen atoms in total. The van der Waals surface area contributed by atoms with Gasteiger partial charge in [-0.05, 0) is 17.1 Å². The molecule has 8 heteroatoms. The summed E-state index contributed by atoms with van der Waals surface area (Å²) in [5, 5.41) is 21.0. The minimum absolute atomic E-state index is 0. The number of fused-ring (bicyclic) bond motifs is 1. The molecule has 1 aromatic carbocycles. The van der Waals surface area contributed by atoms with Crippen molar-refractivity contribution in [3.8, 4) is 0 Å². The van der Waals surface area contributed by atoms with Gasteiger partial charge in [0.2, 0.25) is 0 Å². The number of nitrogens with zero attached hydrogens (tertiary/aromatic N) is 4. The second-order valence-electron chi connectivity index (χ2n) is 2.45. The van der Waals surface area contributed by atoms with Gasteiger partial charge in [0, 0.05) is 6.07 Å². The number of rotatable bonds is 1. The molecule has 1 heterocycles. The third-order valence-corrected chi connectivity index (χ3v) is 1.63. The first kappa shape index (κ1) is 10.6. The average Bonchev–Trinajstić information content (AvgIpc) is 2.48. The SMILES string of the molecule is Nc1cc2nn[n-]c2cc1[N+](=O)[O-].[Ag+]. The second kappa shape index (κ2) is 3.74. The summed E-state index contributed by atoms with van der Waals surface area (Å²) in [7, 11) is 0. The monoisotopic (exact) mass is 285 g/mol. The molecule has 0 unspecified atom stereocenters. The molecule has 0 amide bonds. The standard InChI is InChI=1S/C6H4N5O2.Ag/c7-3-1-4-5(9-10-8-4)2-6(3)11(12)13;/h1-2H,7H2;/q-1;+1. The molecule has 0 atom stereocenters. The summed E-state index contributed by atoms with van der Waals surface area (Å²) in [6, 6.07) is 2.64. The summed E-state index contributed by atoms with van der Waals surface area (Å²) in [6.07, 6.45) is 0. The van der Waals surface area contributed by atoms with E-state index < -0.39 is 4.92 Å². The topological polar surface area (TPSA) is 109 Å². The van der Waals surface area contributed by atoms with Crippen molar-refractivity contribution in [2.45, 2.75) is 0 Å². The predicted octanol–water partition coefficient (Wildman–Crippen LogP) is 0.0749. The van der Waals surface area contributed by atoms with E-state index in [4.69, 9.17) is 5.73 Å². The molecule has 2 rings (SSSR count). The van der Waals surface area contributed by atoms with Crippen molar-refractivity contribution in [2.75, 3.05) is 5.73 Å². The molecular weight excluding hydrogens is 282 g/mol. The molecule has 2 N–H and O–H groups in total. The number of hydrogen-bond acceptors (Lipinski definition) is 5. The first-order valence-corrected chi connectivity index (χ1v) is 3.38. The third-order valence-electron chi connectivity index (χ3n) is 1.63. The fourth-order valence-electron chi connectivity index (χ4n) is 1.02. The van der Waals surface area contributed by atoms with Gasteiger partial charge in [-0.15, -0.1) is 0 Å². The van der Waals surface area contributed by atoms with Crippen molar-refractivity contribution in [3.05, 3.63) is 22.2 Å². The van der Waals surface area contributed by atoms with Crippen molar-refractivity contribution in [1.82, 2.24) is 15.4 Å². The Hall–Kier alpha value is -1.44. The van der Waals surface area contributed by atoms with Crippen LogP contribution in [0.1, 0.15) is 0 Å². The Bertz CT molecular complexity index is 482. The van der Waals surface area contributed by atoms with E-state index in [1.807, 2.05) is 0 Å². The molecule has 0 aliphatic carbocycles. The zero-order chi connectivity index (χ0) is 9.42. The summed E-state index contributed by atoms with van der Waals surface area (Å²) in [6.45, 7) is 0. The van der Waals surface area contributed by atoms with Crippen LogP contribution in [0.25, 0.3) is 11.0 Å². The fraction of sp³-hybridized carbons (Fsp3) is 0. The Labute approximate surface area is 93.3 Å². The molecule has 0 saturated heterocycles. The van der Waals surface area contributed by atoms with E-state index in [9.17, 15) is 10.1 Å². The summed E-state index contributed by atoms with van der Waals surface area (Å²) >= 11 is 0. The zero-order valence-corrected chi connectivity index (χ0v) is 8.12. The van der Waals surface area contributed by atoms with Crippen LogP contribution in [0.2, 0.25) is 0 Å². The molecule has 1 aromatic heterocycles. The van der Waals surface area contributed by atoms with Gasteiger partial charge in [-0.2, -0.15) is 0 Å². The largest absolute Gasteiger partial charge is 1.00 e. The van der Waals surface area contributed by atoms with Crippen LogP contribution >= 0.6 is 0 Å². The molecule has 0 aliphatic heterocycles. The number of anilines is 1. The van der Waals surface area contributed by atoms with Crippen LogP contribution in [0.5, 0.6) is 0 Å². The minimum atomic E-state index is -0.566. The number of nitrogen functional groups attached to an aromatic ring is 1. The Balaban J connectivity index is 0.000000980. The first-order valence-electron chi connectivity index (χ1n) is 3.38. The second-order valence-corrected chi connectivity index (χ2v) is 2.45.